The zero-order chi connectivity index (χ0) is 15.5. The Morgan fingerprint density at radius 1 is 1.32 bits per heavy atom. The molecule has 2 heterocycles. The monoisotopic (exact) mass is 303 g/mol. The van der Waals surface area contributed by atoms with Crippen molar-refractivity contribution in [2.45, 2.75) is 25.7 Å². The number of nitrogens with zero attached hydrogens (tertiary/aromatic N) is 3. The van der Waals surface area contributed by atoms with Crippen molar-refractivity contribution < 1.29 is 14.0 Å². The lowest BCUT2D eigenvalue weighted by molar-refractivity contribution is 0.381. The topological polar surface area (TPSA) is 60.6 Å². The van der Waals surface area contributed by atoms with E-state index < -0.39 is 0 Å². The van der Waals surface area contributed by atoms with Crippen LogP contribution in [-0.2, 0) is 6.42 Å². The van der Waals surface area contributed by atoms with Gasteiger partial charge < -0.3 is 18.9 Å². The van der Waals surface area contributed by atoms with E-state index in [-0.39, 0.29) is 0 Å². The lowest BCUT2D eigenvalue weighted by Gasteiger charge is -2.17. The van der Waals surface area contributed by atoms with Crippen LogP contribution in [0.5, 0.6) is 11.5 Å². The third-order valence-corrected chi connectivity index (χ3v) is 4.11. The van der Waals surface area contributed by atoms with Gasteiger partial charge in [0.05, 0.1) is 14.2 Å². The first-order valence-corrected chi connectivity index (χ1v) is 7.54. The summed E-state index contributed by atoms with van der Waals surface area (Å²) in [7, 11) is 3.38. The summed E-state index contributed by atoms with van der Waals surface area (Å²) in [6.07, 6.45) is 1.79. The zero-order valence-corrected chi connectivity index (χ0v) is 13.2. The molecule has 1 atom stereocenters. The minimum Gasteiger partial charge on any atom is -0.497 e. The SMILES string of the molecule is CCc1nc(N2CC[C@@H](c3cc(OC)ccc3OC)C2)no1. The Morgan fingerprint density at radius 3 is 2.86 bits per heavy atom. The summed E-state index contributed by atoms with van der Waals surface area (Å²) in [4.78, 5) is 6.57. The fraction of sp³-hybridized carbons (Fsp3) is 0.500. The van der Waals surface area contributed by atoms with Crippen LogP contribution in [0, 0.1) is 0 Å². The summed E-state index contributed by atoms with van der Waals surface area (Å²) < 4.78 is 16.0. The number of ether oxygens (including phenoxy) is 2. The third-order valence-electron chi connectivity index (χ3n) is 4.11. The lowest BCUT2D eigenvalue weighted by Crippen LogP contribution is -2.20. The van der Waals surface area contributed by atoms with E-state index in [4.69, 9.17) is 14.0 Å². The van der Waals surface area contributed by atoms with Gasteiger partial charge in [-0.15, -0.1) is 0 Å². The standard InChI is InChI=1S/C16H21N3O3/c1-4-15-17-16(18-22-15)19-8-7-11(10-19)13-9-12(20-2)5-6-14(13)21-3/h5-6,9,11H,4,7-8,10H2,1-3H3/t11-/m1/s1. The molecule has 0 bridgehead atoms. The molecule has 0 unspecified atom stereocenters. The van der Waals surface area contributed by atoms with Gasteiger partial charge in [-0.2, -0.15) is 4.98 Å². The number of anilines is 1. The van der Waals surface area contributed by atoms with Gasteiger partial charge in [-0.3, -0.25) is 0 Å². The van der Waals surface area contributed by atoms with Gasteiger partial charge in [0.2, 0.25) is 5.89 Å². The second-order valence-electron chi connectivity index (χ2n) is 5.38. The van der Waals surface area contributed by atoms with Gasteiger partial charge in [0.25, 0.3) is 5.95 Å². The average molecular weight is 303 g/mol. The van der Waals surface area contributed by atoms with E-state index >= 15 is 0 Å². The number of aromatic nitrogens is 2. The van der Waals surface area contributed by atoms with Gasteiger partial charge in [0.15, 0.2) is 0 Å². The van der Waals surface area contributed by atoms with Crippen molar-refractivity contribution in [1.29, 1.82) is 0 Å². The molecule has 6 nitrogen and oxygen atoms in total. The fourth-order valence-electron chi connectivity index (χ4n) is 2.87. The molecule has 6 heteroatoms. The number of hydrogen-bond donors (Lipinski definition) is 0. The van der Waals surface area contributed by atoms with Gasteiger partial charge >= 0.3 is 0 Å². The zero-order valence-electron chi connectivity index (χ0n) is 13.2. The van der Waals surface area contributed by atoms with Crippen LogP contribution in [0.1, 0.15) is 30.7 Å². The van der Waals surface area contributed by atoms with Gasteiger partial charge in [0.1, 0.15) is 11.5 Å². The number of rotatable bonds is 5. The van der Waals surface area contributed by atoms with Crippen LogP contribution < -0.4 is 14.4 Å². The maximum absolute atomic E-state index is 5.50. The quantitative estimate of drug-likeness (QED) is 0.846. The Hall–Kier alpha value is -2.24. The van der Waals surface area contributed by atoms with Crippen molar-refractivity contribution in [2.75, 3.05) is 32.2 Å². The van der Waals surface area contributed by atoms with Crippen LogP contribution in [0.3, 0.4) is 0 Å². The number of benzene rings is 1. The van der Waals surface area contributed by atoms with E-state index in [9.17, 15) is 0 Å². The number of aryl methyl sites for hydroxylation is 1. The molecule has 1 aliphatic heterocycles. The molecule has 0 radical (unpaired) electrons. The Bertz CT molecular complexity index is 641. The molecule has 2 aromatic rings. The first-order chi connectivity index (χ1) is 10.7. The minimum atomic E-state index is 0.369. The van der Waals surface area contributed by atoms with E-state index in [1.54, 1.807) is 14.2 Å². The van der Waals surface area contributed by atoms with E-state index in [2.05, 4.69) is 21.1 Å². The highest BCUT2D eigenvalue weighted by Crippen LogP contribution is 2.36. The summed E-state index contributed by atoms with van der Waals surface area (Å²) in [5.41, 5.74) is 1.17. The Balaban J connectivity index is 1.80. The van der Waals surface area contributed by atoms with Crippen LogP contribution in [0.15, 0.2) is 22.7 Å². The van der Waals surface area contributed by atoms with E-state index in [0.717, 1.165) is 37.4 Å². The van der Waals surface area contributed by atoms with Crippen molar-refractivity contribution in [3.63, 3.8) is 0 Å². The normalized spacial score (nSPS) is 17.8. The molecular weight excluding hydrogens is 282 g/mol. The van der Waals surface area contributed by atoms with Crippen LogP contribution in [0.25, 0.3) is 0 Å². The number of methoxy groups -OCH3 is 2. The molecule has 0 N–H and O–H groups in total. The van der Waals surface area contributed by atoms with E-state index in [1.807, 2.05) is 19.1 Å². The van der Waals surface area contributed by atoms with Crippen LogP contribution in [0.2, 0.25) is 0 Å². The molecule has 0 saturated carbocycles. The molecule has 0 aliphatic carbocycles. The van der Waals surface area contributed by atoms with Crippen molar-refractivity contribution in [1.82, 2.24) is 10.1 Å². The summed E-state index contributed by atoms with van der Waals surface area (Å²) in [6, 6.07) is 5.93. The van der Waals surface area contributed by atoms with Crippen molar-refractivity contribution in [3.05, 3.63) is 29.7 Å². The summed E-state index contributed by atoms with van der Waals surface area (Å²) in [5, 5.41) is 4.06. The molecule has 0 spiro atoms. The molecular formula is C16H21N3O3. The predicted molar refractivity (Wildman–Crippen MR) is 82.8 cm³/mol. The molecule has 0 amide bonds. The maximum atomic E-state index is 5.50. The van der Waals surface area contributed by atoms with Gasteiger partial charge in [-0.1, -0.05) is 6.92 Å². The van der Waals surface area contributed by atoms with Crippen molar-refractivity contribution >= 4 is 5.95 Å². The van der Waals surface area contributed by atoms with Crippen LogP contribution in [0.4, 0.5) is 5.95 Å². The first-order valence-electron chi connectivity index (χ1n) is 7.54. The van der Waals surface area contributed by atoms with E-state index in [0.29, 0.717) is 17.8 Å². The Morgan fingerprint density at radius 2 is 2.18 bits per heavy atom. The summed E-state index contributed by atoms with van der Waals surface area (Å²) in [6.45, 7) is 3.77. The Labute approximate surface area is 130 Å². The Kier molecular flexibility index (Phi) is 4.18. The molecule has 22 heavy (non-hydrogen) atoms. The van der Waals surface area contributed by atoms with E-state index in [1.165, 1.54) is 5.56 Å². The van der Waals surface area contributed by atoms with Gasteiger partial charge in [-0.05, 0) is 29.8 Å². The minimum absolute atomic E-state index is 0.369. The lowest BCUT2D eigenvalue weighted by atomic mass is 9.97. The molecule has 1 aromatic carbocycles. The molecule has 3 rings (SSSR count). The van der Waals surface area contributed by atoms with Crippen molar-refractivity contribution in [3.8, 4) is 11.5 Å². The smallest absolute Gasteiger partial charge is 0.266 e. The second kappa shape index (κ2) is 6.25. The second-order valence-corrected chi connectivity index (χ2v) is 5.38. The fourth-order valence-corrected chi connectivity index (χ4v) is 2.87. The molecule has 1 saturated heterocycles. The maximum Gasteiger partial charge on any atom is 0.266 e. The predicted octanol–water partition coefficient (Wildman–Crippen LogP) is 2.64. The highest BCUT2D eigenvalue weighted by molar-refractivity contribution is 5.45. The first kappa shape index (κ1) is 14.7. The van der Waals surface area contributed by atoms with Crippen LogP contribution in [-0.4, -0.2) is 37.4 Å². The van der Waals surface area contributed by atoms with Gasteiger partial charge in [-0.25, -0.2) is 0 Å². The highest BCUT2D eigenvalue weighted by Gasteiger charge is 2.29. The molecule has 1 aliphatic rings. The highest BCUT2D eigenvalue weighted by atomic mass is 16.5. The molecule has 1 aromatic heterocycles. The van der Waals surface area contributed by atoms with Crippen LogP contribution >= 0.6 is 0 Å². The summed E-state index contributed by atoms with van der Waals surface area (Å²) >= 11 is 0. The molecule has 1 fully saturated rings. The largest absolute Gasteiger partial charge is 0.497 e. The summed E-state index contributed by atoms with van der Waals surface area (Å²) in [5.74, 6) is 3.48. The number of hydrogen-bond acceptors (Lipinski definition) is 6. The molecule has 118 valence electrons. The van der Waals surface area contributed by atoms with Gasteiger partial charge in [0, 0.05) is 31.0 Å². The third kappa shape index (κ3) is 2.73. The van der Waals surface area contributed by atoms with Crippen molar-refractivity contribution in [2.24, 2.45) is 0 Å². The average Bonchev–Trinajstić information content (AvgIpc) is 3.22.